The quantitative estimate of drug-likeness (QED) is 0.318. The Bertz CT molecular complexity index is 607. The lowest BCUT2D eigenvalue weighted by Gasteiger charge is -2.34. The number of guanidine groups is 1. The van der Waals surface area contributed by atoms with Crippen molar-refractivity contribution in [1.29, 1.82) is 0 Å². The number of aromatic nitrogens is 1. The van der Waals surface area contributed by atoms with Crippen molar-refractivity contribution in [3.05, 3.63) is 17.5 Å². The summed E-state index contributed by atoms with van der Waals surface area (Å²) in [5, 5.41) is 7.66. The second-order valence-corrected chi connectivity index (χ2v) is 7.79. The SMILES string of the molecule is CCC(CC)c1cc(CNC(=NC)N2CCC(OCC3CCCO3)CC2)on1.I. The van der Waals surface area contributed by atoms with E-state index in [1.807, 2.05) is 7.05 Å². The standard InChI is InChI=1S/C21H36N4O3.HI/c1-4-16(5-2)20-13-19(28-24-20)14-23-21(22-3)25-10-8-17(9-11-25)27-15-18-7-6-12-26-18;/h13,16-18H,4-12,14-15H2,1-3H3,(H,22,23);1H. The number of piperidine rings is 1. The molecule has 0 aliphatic carbocycles. The zero-order valence-corrected chi connectivity index (χ0v) is 20.4. The van der Waals surface area contributed by atoms with Crippen molar-refractivity contribution in [2.75, 3.05) is 33.4 Å². The van der Waals surface area contributed by atoms with Gasteiger partial charge in [0, 0.05) is 38.7 Å². The minimum atomic E-state index is 0. The van der Waals surface area contributed by atoms with Crippen molar-refractivity contribution < 1.29 is 14.0 Å². The van der Waals surface area contributed by atoms with Crippen LogP contribution in [0.1, 0.15) is 69.7 Å². The van der Waals surface area contributed by atoms with Crippen LogP contribution < -0.4 is 5.32 Å². The summed E-state index contributed by atoms with van der Waals surface area (Å²) >= 11 is 0. The number of rotatable bonds is 8. The Hall–Kier alpha value is -0.870. The third-order valence-electron chi connectivity index (χ3n) is 5.90. The molecule has 166 valence electrons. The molecule has 0 radical (unpaired) electrons. The third-order valence-corrected chi connectivity index (χ3v) is 5.90. The molecule has 1 unspecified atom stereocenters. The van der Waals surface area contributed by atoms with E-state index in [0.717, 1.165) is 75.8 Å². The normalized spacial score (nSPS) is 20.9. The first-order valence-corrected chi connectivity index (χ1v) is 10.9. The maximum atomic E-state index is 6.07. The third kappa shape index (κ3) is 7.10. The number of likely N-dealkylation sites (tertiary alicyclic amines) is 1. The summed E-state index contributed by atoms with van der Waals surface area (Å²) in [6.45, 7) is 8.51. The highest BCUT2D eigenvalue weighted by molar-refractivity contribution is 14.0. The maximum Gasteiger partial charge on any atom is 0.194 e. The summed E-state index contributed by atoms with van der Waals surface area (Å²) < 4.78 is 17.2. The number of hydrogen-bond donors (Lipinski definition) is 1. The molecule has 1 atom stereocenters. The topological polar surface area (TPSA) is 72.1 Å². The largest absolute Gasteiger partial charge is 0.376 e. The zero-order chi connectivity index (χ0) is 19.8. The van der Waals surface area contributed by atoms with E-state index in [-0.39, 0.29) is 24.0 Å². The van der Waals surface area contributed by atoms with Gasteiger partial charge >= 0.3 is 0 Å². The van der Waals surface area contributed by atoms with E-state index < -0.39 is 0 Å². The van der Waals surface area contributed by atoms with Crippen LogP contribution in [0.25, 0.3) is 0 Å². The smallest absolute Gasteiger partial charge is 0.194 e. The van der Waals surface area contributed by atoms with Gasteiger partial charge in [-0.1, -0.05) is 19.0 Å². The molecule has 1 aromatic heterocycles. The second-order valence-electron chi connectivity index (χ2n) is 7.79. The Balaban J connectivity index is 0.00000300. The second kappa shape index (κ2) is 12.7. The molecule has 0 aromatic carbocycles. The number of aliphatic imine (C=N–C) groups is 1. The van der Waals surface area contributed by atoms with Gasteiger partial charge in [-0.05, 0) is 38.5 Å². The van der Waals surface area contributed by atoms with Crippen LogP contribution in [0.4, 0.5) is 0 Å². The van der Waals surface area contributed by atoms with Crippen LogP contribution in [-0.2, 0) is 16.0 Å². The summed E-state index contributed by atoms with van der Waals surface area (Å²) in [4.78, 5) is 6.74. The van der Waals surface area contributed by atoms with Gasteiger partial charge in [0.1, 0.15) is 0 Å². The molecule has 2 aliphatic rings. The van der Waals surface area contributed by atoms with Crippen molar-refractivity contribution in [2.45, 2.75) is 77.0 Å². The Morgan fingerprint density at radius 2 is 2.07 bits per heavy atom. The van der Waals surface area contributed by atoms with Crippen molar-refractivity contribution in [3.8, 4) is 0 Å². The first-order valence-electron chi connectivity index (χ1n) is 10.9. The van der Waals surface area contributed by atoms with Gasteiger partial charge in [-0.25, -0.2) is 0 Å². The van der Waals surface area contributed by atoms with Crippen LogP contribution in [-0.4, -0.2) is 61.6 Å². The van der Waals surface area contributed by atoms with Gasteiger partial charge in [0.05, 0.1) is 31.1 Å². The summed E-state index contributed by atoms with van der Waals surface area (Å²) in [6.07, 6.45) is 7.15. The van der Waals surface area contributed by atoms with Crippen LogP contribution in [0.3, 0.4) is 0 Å². The highest BCUT2D eigenvalue weighted by Crippen LogP contribution is 2.22. The number of nitrogens with one attached hydrogen (secondary N) is 1. The summed E-state index contributed by atoms with van der Waals surface area (Å²) in [7, 11) is 1.83. The van der Waals surface area contributed by atoms with Gasteiger partial charge in [0.25, 0.3) is 0 Å². The van der Waals surface area contributed by atoms with Crippen LogP contribution in [0.5, 0.6) is 0 Å². The monoisotopic (exact) mass is 520 g/mol. The molecule has 1 aromatic rings. The molecule has 1 N–H and O–H groups in total. The first kappa shape index (κ1) is 24.4. The van der Waals surface area contributed by atoms with Crippen molar-refractivity contribution in [3.63, 3.8) is 0 Å². The van der Waals surface area contributed by atoms with Gasteiger partial charge in [0.15, 0.2) is 11.7 Å². The number of hydrogen-bond acceptors (Lipinski definition) is 5. The summed E-state index contributed by atoms with van der Waals surface area (Å²) in [6, 6.07) is 2.07. The Kier molecular flexibility index (Phi) is 10.7. The van der Waals surface area contributed by atoms with Gasteiger partial charge in [-0.15, -0.1) is 24.0 Å². The lowest BCUT2D eigenvalue weighted by molar-refractivity contribution is -0.0367. The van der Waals surface area contributed by atoms with Crippen LogP contribution >= 0.6 is 24.0 Å². The average molecular weight is 520 g/mol. The van der Waals surface area contributed by atoms with Crippen LogP contribution in [0.2, 0.25) is 0 Å². The van der Waals surface area contributed by atoms with Gasteiger partial charge in [-0.2, -0.15) is 0 Å². The molecule has 0 bridgehead atoms. The molecule has 3 rings (SSSR count). The van der Waals surface area contributed by atoms with E-state index in [1.165, 1.54) is 6.42 Å². The fourth-order valence-corrected chi connectivity index (χ4v) is 4.06. The van der Waals surface area contributed by atoms with E-state index in [9.17, 15) is 0 Å². The van der Waals surface area contributed by atoms with E-state index in [2.05, 4.69) is 40.3 Å². The Morgan fingerprint density at radius 3 is 2.69 bits per heavy atom. The van der Waals surface area contributed by atoms with Gasteiger partial charge in [-0.3, -0.25) is 4.99 Å². The van der Waals surface area contributed by atoms with Crippen molar-refractivity contribution in [1.82, 2.24) is 15.4 Å². The number of ether oxygens (including phenoxy) is 2. The summed E-state index contributed by atoms with van der Waals surface area (Å²) in [5.41, 5.74) is 1.06. The first-order chi connectivity index (χ1) is 13.7. The Labute approximate surface area is 192 Å². The summed E-state index contributed by atoms with van der Waals surface area (Å²) in [5.74, 6) is 2.25. The molecule has 2 aliphatic heterocycles. The predicted molar refractivity (Wildman–Crippen MR) is 125 cm³/mol. The van der Waals surface area contributed by atoms with Gasteiger partial charge < -0.3 is 24.2 Å². The molecular formula is C21H37IN4O3. The molecule has 2 fully saturated rings. The van der Waals surface area contributed by atoms with Crippen LogP contribution in [0.15, 0.2) is 15.6 Å². The molecule has 3 heterocycles. The molecule has 29 heavy (non-hydrogen) atoms. The van der Waals surface area contributed by atoms with E-state index in [1.54, 1.807) is 0 Å². The molecule has 7 nitrogen and oxygen atoms in total. The zero-order valence-electron chi connectivity index (χ0n) is 18.1. The lowest BCUT2D eigenvalue weighted by Crippen LogP contribution is -2.47. The number of halogens is 1. The fraction of sp³-hybridized carbons (Fsp3) is 0.810. The van der Waals surface area contributed by atoms with E-state index in [4.69, 9.17) is 14.0 Å². The van der Waals surface area contributed by atoms with E-state index in [0.29, 0.717) is 24.7 Å². The lowest BCUT2D eigenvalue weighted by atomic mass is 9.99. The fourth-order valence-electron chi connectivity index (χ4n) is 4.06. The van der Waals surface area contributed by atoms with Crippen molar-refractivity contribution >= 4 is 29.9 Å². The predicted octanol–water partition coefficient (Wildman–Crippen LogP) is 3.93. The Morgan fingerprint density at radius 1 is 1.31 bits per heavy atom. The number of nitrogens with zero attached hydrogens (tertiary/aromatic N) is 3. The minimum Gasteiger partial charge on any atom is -0.376 e. The molecular weight excluding hydrogens is 483 g/mol. The average Bonchev–Trinajstić information content (AvgIpc) is 3.41. The maximum absolute atomic E-state index is 6.07. The van der Waals surface area contributed by atoms with Crippen LogP contribution in [0, 0.1) is 0 Å². The van der Waals surface area contributed by atoms with Gasteiger partial charge in [0.2, 0.25) is 0 Å². The van der Waals surface area contributed by atoms with Crippen molar-refractivity contribution in [2.24, 2.45) is 4.99 Å². The molecule has 2 saturated heterocycles. The molecule has 0 saturated carbocycles. The molecule has 0 spiro atoms. The molecule has 0 amide bonds. The molecule has 8 heteroatoms. The highest BCUT2D eigenvalue weighted by Gasteiger charge is 2.24. The highest BCUT2D eigenvalue weighted by atomic mass is 127. The van der Waals surface area contributed by atoms with E-state index >= 15 is 0 Å². The minimum absolute atomic E-state index is 0.